The average Bonchev–Trinajstić information content (AvgIpc) is 2.94. The third-order valence-corrected chi connectivity index (χ3v) is 4.60. The molecule has 33 heavy (non-hydrogen) atoms. The van der Waals surface area contributed by atoms with Crippen molar-refractivity contribution in [1.29, 1.82) is 0 Å². The van der Waals surface area contributed by atoms with Crippen molar-refractivity contribution < 1.29 is 0 Å². The van der Waals surface area contributed by atoms with Gasteiger partial charge in [0, 0.05) is 0 Å². The molecular weight excluding hydrogens is 396 g/mol. The number of aryl methyl sites for hydroxylation is 2. The molecule has 176 valence electrons. The summed E-state index contributed by atoms with van der Waals surface area (Å²) in [4.78, 5) is 0. The lowest BCUT2D eigenvalue weighted by Gasteiger charge is -2.00. The van der Waals surface area contributed by atoms with Gasteiger partial charge in [-0.1, -0.05) is 163 Å². The Morgan fingerprint density at radius 3 is 0.727 bits per heavy atom. The SMILES string of the molecule is CC.CC.CCc1ccccc1.CCc1ccccc1.c1ccc(Cc2ccccc2)cc1. The van der Waals surface area contributed by atoms with Gasteiger partial charge in [-0.25, -0.2) is 0 Å². The number of hydrogen-bond acceptors (Lipinski definition) is 0. The van der Waals surface area contributed by atoms with Gasteiger partial charge in [-0.15, -0.1) is 0 Å². The van der Waals surface area contributed by atoms with Crippen LogP contribution in [-0.2, 0) is 19.3 Å². The maximum Gasteiger partial charge on any atom is -0.00258 e. The Kier molecular flexibility index (Phi) is 20.0. The van der Waals surface area contributed by atoms with Crippen molar-refractivity contribution in [2.24, 2.45) is 0 Å². The third kappa shape index (κ3) is 15.3. The number of rotatable bonds is 4. The fourth-order valence-corrected chi connectivity index (χ4v) is 2.85. The fraction of sp³-hybridized carbons (Fsp3) is 0.273. The van der Waals surface area contributed by atoms with E-state index in [2.05, 4.69) is 123 Å². The van der Waals surface area contributed by atoms with E-state index in [4.69, 9.17) is 0 Å². The number of benzene rings is 4. The molecule has 0 atom stereocenters. The molecule has 0 spiro atoms. The first-order valence-corrected chi connectivity index (χ1v) is 12.5. The van der Waals surface area contributed by atoms with Crippen molar-refractivity contribution >= 4 is 0 Å². The van der Waals surface area contributed by atoms with E-state index >= 15 is 0 Å². The van der Waals surface area contributed by atoms with Gasteiger partial charge in [0.25, 0.3) is 0 Å². The molecule has 0 nitrogen and oxygen atoms in total. The molecule has 0 fully saturated rings. The van der Waals surface area contributed by atoms with E-state index in [1.807, 2.05) is 39.8 Å². The molecule has 0 aliphatic carbocycles. The van der Waals surface area contributed by atoms with Crippen LogP contribution in [0.25, 0.3) is 0 Å². The van der Waals surface area contributed by atoms with Gasteiger partial charge in [0.2, 0.25) is 0 Å². The summed E-state index contributed by atoms with van der Waals surface area (Å²) in [6.45, 7) is 12.3. The Labute approximate surface area is 204 Å². The zero-order valence-electron chi connectivity index (χ0n) is 21.7. The third-order valence-electron chi connectivity index (χ3n) is 4.60. The molecule has 0 aliphatic rings. The Morgan fingerprint density at radius 2 is 0.545 bits per heavy atom. The van der Waals surface area contributed by atoms with Crippen LogP contribution >= 0.6 is 0 Å². The zero-order valence-corrected chi connectivity index (χ0v) is 21.7. The summed E-state index contributed by atoms with van der Waals surface area (Å²) >= 11 is 0. The zero-order chi connectivity index (χ0) is 24.6. The van der Waals surface area contributed by atoms with Crippen LogP contribution in [0.5, 0.6) is 0 Å². The van der Waals surface area contributed by atoms with E-state index in [1.54, 1.807) is 0 Å². The van der Waals surface area contributed by atoms with Crippen LogP contribution in [0.2, 0.25) is 0 Å². The highest BCUT2D eigenvalue weighted by Gasteiger charge is 1.92. The smallest absolute Gasteiger partial charge is 0.00258 e. The molecule has 0 heterocycles. The highest BCUT2D eigenvalue weighted by molar-refractivity contribution is 5.25. The minimum atomic E-state index is 1.03. The fourth-order valence-electron chi connectivity index (χ4n) is 2.85. The normalized spacial score (nSPS) is 8.67. The van der Waals surface area contributed by atoms with Crippen LogP contribution < -0.4 is 0 Å². The molecule has 4 aromatic rings. The molecular formula is C33H44. The summed E-state index contributed by atoms with van der Waals surface area (Å²) in [6, 6.07) is 42.0. The van der Waals surface area contributed by atoms with Gasteiger partial charge in [-0.05, 0) is 41.5 Å². The van der Waals surface area contributed by atoms with Gasteiger partial charge in [0.05, 0.1) is 0 Å². The van der Waals surface area contributed by atoms with Gasteiger partial charge >= 0.3 is 0 Å². The molecule has 0 saturated carbocycles. The molecule has 0 saturated heterocycles. The van der Waals surface area contributed by atoms with Gasteiger partial charge in [-0.2, -0.15) is 0 Å². The standard InChI is InChI=1S/C13H12.2C8H10.2C2H6/c1-3-7-12(8-4-1)11-13-9-5-2-6-10-13;2*1-2-8-6-4-3-5-7-8;2*1-2/h1-10H,11H2;2*3-7H,2H2,1H3;2*1-2H3. The first-order valence-electron chi connectivity index (χ1n) is 12.5. The van der Waals surface area contributed by atoms with E-state index < -0.39 is 0 Å². The van der Waals surface area contributed by atoms with Gasteiger partial charge < -0.3 is 0 Å². The molecule has 0 aliphatic heterocycles. The lowest BCUT2D eigenvalue weighted by Crippen LogP contribution is -1.85. The summed E-state index contributed by atoms with van der Waals surface area (Å²) in [5.74, 6) is 0. The van der Waals surface area contributed by atoms with E-state index in [9.17, 15) is 0 Å². The molecule has 0 N–H and O–H groups in total. The van der Waals surface area contributed by atoms with Crippen LogP contribution in [0, 0.1) is 0 Å². The summed E-state index contributed by atoms with van der Waals surface area (Å²) in [5.41, 5.74) is 5.56. The van der Waals surface area contributed by atoms with E-state index in [1.165, 1.54) is 22.3 Å². The van der Waals surface area contributed by atoms with E-state index in [0.717, 1.165) is 19.3 Å². The average molecular weight is 441 g/mol. The van der Waals surface area contributed by atoms with Crippen molar-refractivity contribution in [3.8, 4) is 0 Å². The lowest BCUT2D eigenvalue weighted by atomic mass is 10.1. The predicted molar refractivity (Wildman–Crippen MR) is 150 cm³/mol. The van der Waals surface area contributed by atoms with Crippen molar-refractivity contribution in [2.75, 3.05) is 0 Å². The molecule has 0 heteroatoms. The van der Waals surface area contributed by atoms with Crippen molar-refractivity contribution in [2.45, 2.75) is 60.8 Å². The second-order valence-electron chi connectivity index (χ2n) is 6.83. The van der Waals surface area contributed by atoms with Crippen LogP contribution in [0.15, 0.2) is 121 Å². The summed E-state index contributed by atoms with van der Waals surface area (Å²) in [6.07, 6.45) is 3.31. The monoisotopic (exact) mass is 440 g/mol. The predicted octanol–water partition coefficient (Wildman–Crippen LogP) is 9.83. The largest absolute Gasteiger partial charge is 0.0683 e. The summed E-state index contributed by atoms with van der Waals surface area (Å²) in [5, 5.41) is 0. The minimum absolute atomic E-state index is 1.03. The second kappa shape index (κ2) is 22.1. The van der Waals surface area contributed by atoms with Crippen LogP contribution in [0.4, 0.5) is 0 Å². The maximum absolute atomic E-state index is 2.16. The highest BCUT2D eigenvalue weighted by atomic mass is 14.0. The molecule has 0 aromatic heterocycles. The van der Waals surface area contributed by atoms with Crippen LogP contribution in [0.3, 0.4) is 0 Å². The number of hydrogen-bond donors (Lipinski definition) is 0. The topological polar surface area (TPSA) is 0 Å². The quantitative estimate of drug-likeness (QED) is 0.296. The molecule has 4 rings (SSSR count). The van der Waals surface area contributed by atoms with Crippen LogP contribution in [0.1, 0.15) is 63.8 Å². The van der Waals surface area contributed by atoms with Crippen molar-refractivity contribution in [3.63, 3.8) is 0 Å². The van der Waals surface area contributed by atoms with Crippen molar-refractivity contribution in [3.05, 3.63) is 144 Å². The second-order valence-corrected chi connectivity index (χ2v) is 6.83. The summed E-state index contributed by atoms with van der Waals surface area (Å²) < 4.78 is 0. The first-order chi connectivity index (χ1) is 16.3. The molecule has 0 radical (unpaired) electrons. The Hall–Kier alpha value is -3.12. The maximum atomic E-state index is 2.16. The molecule has 4 aromatic carbocycles. The van der Waals surface area contributed by atoms with E-state index in [0.29, 0.717) is 0 Å². The molecule has 0 unspecified atom stereocenters. The Bertz CT molecular complexity index is 789. The molecule has 0 bridgehead atoms. The van der Waals surface area contributed by atoms with Gasteiger partial charge in [0.15, 0.2) is 0 Å². The summed E-state index contributed by atoms with van der Waals surface area (Å²) in [7, 11) is 0. The lowest BCUT2D eigenvalue weighted by molar-refractivity contribution is 1.14. The molecule has 0 amide bonds. The van der Waals surface area contributed by atoms with Gasteiger partial charge in [-0.3, -0.25) is 0 Å². The van der Waals surface area contributed by atoms with Crippen molar-refractivity contribution in [1.82, 2.24) is 0 Å². The van der Waals surface area contributed by atoms with Crippen LogP contribution in [-0.4, -0.2) is 0 Å². The Balaban J connectivity index is 0.000000449. The van der Waals surface area contributed by atoms with E-state index in [-0.39, 0.29) is 0 Å². The Morgan fingerprint density at radius 1 is 0.333 bits per heavy atom. The van der Waals surface area contributed by atoms with Gasteiger partial charge in [0.1, 0.15) is 0 Å². The highest BCUT2D eigenvalue weighted by Crippen LogP contribution is 2.07. The minimum Gasteiger partial charge on any atom is -0.0683 e. The first kappa shape index (κ1) is 29.9.